The summed E-state index contributed by atoms with van der Waals surface area (Å²) in [4.78, 5) is 56.7. The number of hydrogen-bond acceptors (Lipinski definition) is 7. The van der Waals surface area contributed by atoms with Gasteiger partial charge in [0.25, 0.3) is 5.91 Å². The first-order chi connectivity index (χ1) is 22.3. The number of ether oxygens (including phenoxy) is 1. The van der Waals surface area contributed by atoms with Gasteiger partial charge in [-0.05, 0) is 49.4 Å². The fraction of sp³-hybridized carbons (Fsp3) is 0.606. The van der Waals surface area contributed by atoms with Crippen molar-refractivity contribution in [1.29, 1.82) is 0 Å². The van der Waals surface area contributed by atoms with Gasteiger partial charge in [-0.2, -0.15) is 5.10 Å². The molecule has 4 amide bonds. The quantitative estimate of drug-likeness (QED) is 0.324. The van der Waals surface area contributed by atoms with E-state index in [1.54, 1.807) is 34.8 Å². The van der Waals surface area contributed by atoms with Crippen LogP contribution in [0.2, 0.25) is 0 Å². The summed E-state index contributed by atoms with van der Waals surface area (Å²) in [6.45, 7) is 8.11. The number of rotatable bonds is 12. The van der Waals surface area contributed by atoms with Gasteiger partial charge in [-0.3, -0.25) is 28.8 Å². The molecule has 1 aromatic carbocycles. The standard InChI is InChI=1S/C33H46FN7O5/c1-3-29(42)36-27(33(45)40-16-14-39(15-17-40)24-20-46-21-24)19-22-10-11-26(25(34)18-22)37-32(44)30(23-8-6-5-7-9-23)38-31(43)28-12-13-35-41(28)4-2/h10-13,18,23-24,27,30H,3-9,14-17,19-21H2,1-2H3,(H,36,42)(H,37,44)(H,38,43)/t27-,30+/m1/s1. The molecule has 12 nitrogen and oxygen atoms in total. The number of aromatic nitrogens is 2. The molecule has 2 aromatic rings. The summed E-state index contributed by atoms with van der Waals surface area (Å²) in [7, 11) is 0. The van der Waals surface area contributed by atoms with Gasteiger partial charge in [0.15, 0.2) is 0 Å². The second kappa shape index (κ2) is 15.6. The normalized spacial score (nSPS) is 19.2. The third-order valence-corrected chi connectivity index (χ3v) is 9.39. The Labute approximate surface area is 269 Å². The molecule has 2 aliphatic heterocycles. The monoisotopic (exact) mass is 639 g/mol. The van der Waals surface area contributed by atoms with E-state index in [4.69, 9.17) is 4.74 Å². The highest BCUT2D eigenvalue weighted by Gasteiger charge is 2.34. The third kappa shape index (κ3) is 8.11. The molecule has 0 unspecified atom stereocenters. The molecule has 2 atom stereocenters. The van der Waals surface area contributed by atoms with Gasteiger partial charge in [-0.25, -0.2) is 4.39 Å². The predicted molar refractivity (Wildman–Crippen MR) is 169 cm³/mol. The van der Waals surface area contributed by atoms with E-state index >= 15 is 4.39 Å². The van der Waals surface area contributed by atoms with E-state index < -0.39 is 29.7 Å². The van der Waals surface area contributed by atoms with Crippen LogP contribution in [0.15, 0.2) is 30.5 Å². The van der Waals surface area contributed by atoms with Gasteiger partial charge in [0.05, 0.1) is 24.9 Å². The van der Waals surface area contributed by atoms with Gasteiger partial charge in [0, 0.05) is 51.8 Å². The fourth-order valence-electron chi connectivity index (χ4n) is 6.55. The molecule has 1 saturated carbocycles. The van der Waals surface area contributed by atoms with Crippen molar-refractivity contribution >= 4 is 29.3 Å². The number of carbonyl (C=O) groups is 4. The molecular weight excluding hydrogens is 593 g/mol. The number of nitrogens with one attached hydrogen (secondary N) is 3. The first-order valence-electron chi connectivity index (χ1n) is 16.6. The van der Waals surface area contributed by atoms with E-state index in [1.807, 2.05) is 6.92 Å². The maximum atomic E-state index is 15.5. The largest absolute Gasteiger partial charge is 0.378 e. The average Bonchev–Trinajstić information content (AvgIpc) is 3.53. The highest BCUT2D eigenvalue weighted by atomic mass is 19.1. The Morgan fingerprint density at radius 2 is 1.74 bits per heavy atom. The van der Waals surface area contributed by atoms with Crippen molar-refractivity contribution in [3.05, 3.63) is 47.5 Å². The molecule has 250 valence electrons. The Bertz CT molecular complexity index is 1380. The molecule has 3 heterocycles. The van der Waals surface area contributed by atoms with Crippen molar-refractivity contribution in [2.24, 2.45) is 5.92 Å². The Kier molecular flexibility index (Phi) is 11.4. The molecule has 46 heavy (non-hydrogen) atoms. The highest BCUT2D eigenvalue weighted by Crippen LogP contribution is 2.28. The van der Waals surface area contributed by atoms with E-state index in [0.29, 0.717) is 50.1 Å². The minimum Gasteiger partial charge on any atom is -0.378 e. The SMILES string of the molecule is CCC(=O)N[C@H](Cc1ccc(NC(=O)[C@@H](NC(=O)c2ccnn2CC)C2CCCCC2)c(F)c1)C(=O)N1CCN(C2COC2)CC1. The molecule has 0 radical (unpaired) electrons. The lowest BCUT2D eigenvalue weighted by Crippen LogP contribution is -2.60. The van der Waals surface area contributed by atoms with Crippen LogP contribution in [0.25, 0.3) is 0 Å². The molecule has 3 N–H and O–H groups in total. The van der Waals surface area contributed by atoms with Crippen LogP contribution in [0.4, 0.5) is 10.1 Å². The van der Waals surface area contributed by atoms with Crippen molar-refractivity contribution in [2.45, 2.75) is 83.5 Å². The summed E-state index contributed by atoms with van der Waals surface area (Å²) in [6.07, 6.45) is 6.44. The van der Waals surface area contributed by atoms with Crippen LogP contribution < -0.4 is 16.0 Å². The molecule has 3 aliphatic rings. The van der Waals surface area contributed by atoms with Gasteiger partial charge in [-0.1, -0.05) is 32.3 Å². The van der Waals surface area contributed by atoms with Crippen LogP contribution >= 0.6 is 0 Å². The highest BCUT2D eigenvalue weighted by molar-refractivity contribution is 6.00. The van der Waals surface area contributed by atoms with Crippen LogP contribution in [-0.2, 0) is 32.1 Å². The van der Waals surface area contributed by atoms with Gasteiger partial charge < -0.3 is 25.6 Å². The third-order valence-electron chi connectivity index (χ3n) is 9.39. The zero-order valence-corrected chi connectivity index (χ0v) is 26.8. The minimum absolute atomic E-state index is 0.0148. The number of benzene rings is 1. The Hall–Kier alpha value is -3.84. The molecule has 13 heteroatoms. The van der Waals surface area contributed by atoms with Gasteiger partial charge in [0.1, 0.15) is 23.6 Å². The second-order valence-electron chi connectivity index (χ2n) is 12.4. The molecule has 0 bridgehead atoms. The van der Waals surface area contributed by atoms with E-state index in [-0.39, 0.29) is 36.3 Å². The van der Waals surface area contributed by atoms with Crippen LogP contribution in [0.5, 0.6) is 0 Å². The predicted octanol–water partition coefficient (Wildman–Crippen LogP) is 2.34. The topological polar surface area (TPSA) is 138 Å². The zero-order valence-electron chi connectivity index (χ0n) is 26.8. The molecule has 1 aliphatic carbocycles. The van der Waals surface area contributed by atoms with Gasteiger partial charge in [-0.15, -0.1) is 0 Å². The van der Waals surface area contributed by atoms with Crippen LogP contribution in [0.1, 0.15) is 68.4 Å². The maximum absolute atomic E-state index is 15.5. The smallest absolute Gasteiger partial charge is 0.270 e. The zero-order chi connectivity index (χ0) is 32.6. The lowest BCUT2D eigenvalue weighted by molar-refractivity contribution is -0.140. The molecule has 0 spiro atoms. The van der Waals surface area contributed by atoms with Crippen molar-refractivity contribution < 1.29 is 28.3 Å². The van der Waals surface area contributed by atoms with Crippen molar-refractivity contribution in [2.75, 3.05) is 44.7 Å². The molecular formula is C33H46FN7O5. The molecule has 1 aromatic heterocycles. The van der Waals surface area contributed by atoms with Crippen molar-refractivity contribution in [1.82, 2.24) is 30.2 Å². The number of amides is 4. The van der Waals surface area contributed by atoms with Gasteiger partial charge >= 0.3 is 0 Å². The number of aryl methyl sites for hydroxylation is 1. The number of hydrogen-bond donors (Lipinski definition) is 3. The summed E-state index contributed by atoms with van der Waals surface area (Å²) in [5.74, 6) is -2.07. The fourth-order valence-corrected chi connectivity index (χ4v) is 6.55. The first-order valence-corrected chi connectivity index (χ1v) is 16.6. The Morgan fingerprint density at radius 1 is 1.00 bits per heavy atom. The van der Waals surface area contributed by atoms with E-state index in [1.165, 1.54) is 12.1 Å². The van der Waals surface area contributed by atoms with Gasteiger partial charge in [0.2, 0.25) is 17.7 Å². The molecule has 5 rings (SSSR count). The van der Waals surface area contributed by atoms with Crippen molar-refractivity contribution in [3.63, 3.8) is 0 Å². The maximum Gasteiger partial charge on any atom is 0.270 e. The Balaban J connectivity index is 1.25. The second-order valence-corrected chi connectivity index (χ2v) is 12.4. The van der Waals surface area contributed by atoms with E-state index in [9.17, 15) is 19.2 Å². The summed E-state index contributed by atoms with van der Waals surface area (Å²) in [6, 6.07) is 4.74. The summed E-state index contributed by atoms with van der Waals surface area (Å²) < 4.78 is 22.3. The number of anilines is 1. The van der Waals surface area contributed by atoms with E-state index in [0.717, 1.165) is 45.2 Å². The first kappa shape index (κ1) is 33.5. The number of halogens is 1. The lowest BCUT2D eigenvalue weighted by Gasteiger charge is -2.43. The van der Waals surface area contributed by atoms with Crippen molar-refractivity contribution in [3.8, 4) is 0 Å². The minimum atomic E-state index is -0.840. The molecule has 3 fully saturated rings. The number of nitrogens with zero attached hydrogens (tertiary/aromatic N) is 4. The van der Waals surface area contributed by atoms with Crippen LogP contribution in [0.3, 0.4) is 0 Å². The van der Waals surface area contributed by atoms with Crippen LogP contribution in [0, 0.1) is 11.7 Å². The summed E-state index contributed by atoms with van der Waals surface area (Å²) in [5.41, 5.74) is 0.861. The number of carbonyl (C=O) groups excluding carboxylic acids is 4. The summed E-state index contributed by atoms with van der Waals surface area (Å²) in [5, 5.41) is 12.6. The summed E-state index contributed by atoms with van der Waals surface area (Å²) >= 11 is 0. The molecule has 2 saturated heterocycles. The van der Waals surface area contributed by atoms with E-state index in [2.05, 4.69) is 25.9 Å². The number of piperazine rings is 1. The van der Waals surface area contributed by atoms with Crippen LogP contribution in [-0.4, -0.2) is 101 Å². The lowest BCUT2D eigenvalue weighted by atomic mass is 9.83. The Morgan fingerprint density at radius 3 is 2.37 bits per heavy atom. The average molecular weight is 640 g/mol.